The minimum Gasteiger partial charge on any atom is -0.497 e. The van der Waals surface area contributed by atoms with Crippen molar-refractivity contribution in [2.75, 3.05) is 33.9 Å². The average Bonchev–Trinajstić information content (AvgIpc) is 2.53. The molecule has 1 aromatic carbocycles. The quantitative estimate of drug-likeness (QED) is 0.818. The highest BCUT2D eigenvalue weighted by atomic mass is 32.2. The molecule has 0 bridgehead atoms. The van der Waals surface area contributed by atoms with E-state index in [1.807, 2.05) is 0 Å². The van der Waals surface area contributed by atoms with Crippen LogP contribution in [-0.4, -0.2) is 42.3 Å². The standard InChI is InChI=1S/C14H22N2O4S/c1-19-12-5-6-14(13(8-12)20-2)21(17,18)16-10-11-4-3-7-15-9-11/h5-6,8,11,15-16H,3-4,7,9-10H2,1-2H3. The Bertz CT molecular complexity index is 568. The molecule has 1 unspecified atom stereocenters. The highest BCUT2D eigenvalue weighted by Crippen LogP contribution is 2.28. The summed E-state index contributed by atoms with van der Waals surface area (Å²) >= 11 is 0. The molecular formula is C14H22N2O4S. The summed E-state index contributed by atoms with van der Waals surface area (Å²) in [6, 6.07) is 4.68. The van der Waals surface area contributed by atoms with E-state index in [0.29, 0.717) is 18.2 Å². The van der Waals surface area contributed by atoms with Gasteiger partial charge in [-0.2, -0.15) is 0 Å². The average molecular weight is 314 g/mol. The smallest absolute Gasteiger partial charge is 0.244 e. The Balaban J connectivity index is 2.11. The van der Waals surface area contributed by atoms with E-state index in [9.17, 15) is 8.42 Å². The number of rotatable bonds is 6. The minimum atomic E-state index is -3.59. The summed E-state index contributed by atoms with van der Waals surface area (Å²) in [5, 5.41) is 3.27. The lowest BCUT2D eigenvalue weighted by molar-refractivity contribution is 0.374. The molecule has 1 fully saturated rings. The number of hydrogen-bond acceptors (Lipinski definition) is 5. The fraction of sp³-hybridized carbons (Fsp3) is 0.571. The Kier molecular flexibility index (Phi) is 5.44. The van der Waals surface area contributed by atoms with Gasteiger partial charge >= 0.3 is 0 Å². The van der Waals surface area contributed by atoms with Crippen LogP contribution in [0.4, 0.5) is 0 Å². The van der Waals surface area contributed by atoms with Crippen molar-refractivity contribution in [1.82, 2.24) is 10.0 Å². The minimum absolute atomic E-state index is 0.134. The van der Waals surface area contributed by atoms with Gasteiger partial charge in [-0.05, 0) is 44.0 Å². The Hall–Kier alpha value is -1.31. The second kappa shape index (κ2) is 7.11. The number of ether oxygens (including phenoxy) is 2. The first-order valence-corrected chi connectivity index (χ1v) is 8.47. The number of nitrogens with one attached hydrogen (secondary N) is 2. The maximum atomic E-state index is 12.4. The number of benzene rings is 1. The molecule has 1 saturated heterocycles. The molecule has 0 aliphatic carbocycles. The summed E-state index contributed by atoms with van der Waals surface area (Å²) in [5.41, 5.74) is 0. The number of sulfonamides is 1. The van der Waals surface area contributed by atoms with Crippen LogP contribution in [0.15, 0.2) is 23.1 Å². The molecule has 0 spiro atoms. The Labute approximate surface area is 125 Å². The number of hydrogen-bond donors (Lipinski definition) is 2. The highest BCUT2D eigenvalue weighted by molar-refractivity contribution is 7.89. The van der Waals surface area contributed by atoms with Crippen molar-refractivity contribution >= 4 is 10.0 Å². The molecule has 2 rings (SSSR count). The summed E-state index contributed by atoms with van der Waals surface area (Å²) < 4.78 is 37.7. The van der Waals surface area contributed by atoms with E-state index in [-0.39, 0.29) is 10.6 Å². The molecule has 0 aromatic heterocycles. The maximum absolute atomic E-state index is 12.4. The van der Waals surface area contributed by atoms with Crippen molar-refractivity contribution in [2.24, 2.45) is 5.92 Å². The van der Waals surface area contributed by atoms with Crippen LogP contribution in [0.25, 0.3) is 0 Å². The van der Waals surface area contributed by atoms with E-state index in [1.165, 1.54) is 20.3 Å². The fourth-order valence-corrected chi connectivity index (χ4v) is 3.67. The second-order valence-electron chi connectivity index (χ2n) is 5.08. The largest absolute Gasteiger partial charge is 0.497 e. The molecule has 1 heterocycles. The maximum Gasteiger partial charge on any atom is 0.244 e. The third-order valence-corrected chi connectivity index (χ3v) is 5.08. The van der Waals surface area contributed by atoms with Crippen LogP contribution in [0, 0.1) is 5.92 Å². The van der Waals surface area contributed by atoms with Gasteiger partial charge < -0.3 is 14.8 Å². The summed E-state index contributed by atoms with van der Waals surface area (Å²) in [6.07, 6.45) is 2.12. The first-order chi connectivity index (χ1) is 10.1. The number of methoxy groups -OCH3 is 2. The van der Waals surface area contributed by atoms with E-state index in [0.717, 1.165) is 25.9 Å². The normalized spacial score (nSPS) is 19.2. The van der Waals surface area contributed by atoms with Gasteiger partial charge in [0.05, 0.1) is 14.2 Å². The van der Waals surface area contributed by atoms with Crippen molar-refractivity contribution in [2.45, 2.75) is 17.7 Å². The van der Waals surface area contributed by atoms with Gasteiger partial charge in [-0.15, -0.1) is 0 Å². The summed E-state index contributed by atoms with van der Waals surface area (Å²) in [6.45, 7) is 2.29. The van der Waals surface area contributed by atoms with Crippen molar-refractivity contribution in [1.29, 1.82) is 0 Å². The van der Waals surface area contributed by atoms with Crippen molar-refractivity contribution < 1.29 is 17.9 Å². The molecule has 1 aliphatic heterocycles. The van der Waals surface area contributed by atoms with Crippen molar-refractivity contribution in [3.05, 3.63) is 18.2 Å². The molecule has 7 heteroatoms. The topological polar surface area (TPSA) is 76.7 Å². The highest BCUT2D eigenvalue weighted by Gasteiger charge is 2.22. The third kappa shape index (κ3) is 4.09. The van der Waals surface area contributed by atoms with E-state index >= 15 is 0 Å². The lowest BCUT2D eigenvalue weighted by Crippen LogP contribution is -2.38. The fourth-order valence-electron chi connectivity index (χ4n) is 2.40. The SMILES string of the molecule is COc1ccc(S(=O)(=O)NCC2CCCNC2)c(OC)c1. The van der Waals surface area contributed by atoms with Crippen LogP contribution < -0.4 is 19.5 Å². The van der Waals surface area contributed by atoms with Gasteiger partial charge in [0.15, 0.2) is 0 Å². The zero-order valence-electron chi connectivity index (χ0n) is 12.4. The van der Waals surface area contributed by atoms with Crippen LogP contribution >= 0.6 is 0 Å². The zero-order valence-corrected chi connectivity index (χ0v) is 13.2. The molecule has 2 N–H and O–H groups in total. The molecular weight excluding hydrogens is 292 g/mol. The van der Waals surface area contributed by atoms with E-state index in [1.54, 1.807) is 12.1 Å². The predicted molar refractivity (Wildman–Crippen MR) is 80.3 cm³/mol. The van der Waals surface area contributed by atoms with Gasteiger partial charge in [-0.3, -0.25) is 0 Å². The molecule has 1 aromatic rings. The molecule has 1 aliphatic rings. The van der Waals surface area contributed by atoms with Crippen molar-refractivity contribution in [3.63, 3.8) is 0 Å². The predicted octanol–water partition coefficient (Wildman–Crippen LogP) is 0.982. The molecule has 1 atom stereocenters. The zero-order chi connectivity index (χ0) is 15.3. The molecule has 6 nitrogen and oxygen atoms in total. The summed E-state index contributed by atoms with van der Waals surface area (Å²) in [7, 11) is -0.617. The molecule has 0 radical (unpaired) electrons. The Morgan fingerprint density at radius 1 is 1.33 bits per heavy atom. The summed E-state index contributed by atoms with van der Waals surface area (Å²) in [5.74, 6) is 1.17. The lowest BCUT2D eigenvalue weighted by Gasteiger charge is -2.23. The van der Waals surface area contributed by atoms with E-state index in [2.05, 4.69) is 10.0 Å². The lowest BCUT2D eigenvalue weighted by atomic mass is 10.0. The van der Waals surface area contributed by atoms with Crippen LogP contribution in [0.5, 0.6) is 11.5 Å². The van der Waals surface area contributed by atoms with Gasteiger partial charge in [-0.1, -0.05) is 0 Å². The first kappa shape index (κ1) is 16.1. The third-order valence-electron chi connectivity index (χ3n) is 3.62. The molecule has 118 valence electrons. The van der Waals surface area contributed by atoms with Crippen LogP contribution in [0.2, 0.25) is 0 Å². The molecule has 0 saturated carbocycles. The van der Waals surface area contributed by atoms with Crippen LogP contribution in [0.1, 0.15) is 12.8 Å². The molecule has 0 amide bonds. The van der Waals surface area contributed by atoms with Crippen LogP contribution in [-0.2, 0) is 10.0 Å². The van der Waals surface area contributed by atoms with Crippen LogP contribution in [0.3, 0.4) is 0 Å². The Morgan fingerprint density at radius 3 is 2.76 bits per heavy atom. The van der Waals surface area contributed by atoms with Gasteiger partial charge in [0, 0.05) is 12.6 Å². The van der Waals surface area contributed by atoms with E-state index in [4.69, 9.17) is 9.47 Å². The molecule has 21 heavy (non-hydrogen) atoms. The van der Waals surface area contributed by atoms with Gasteiger partial charge in [-0.25, -0.2) is 13.1 Å². The van der Waals surface area contributed by atoms with Gasteiger partial charge in [0.2, 0.25) is 10.0 Å². The van der Waals surface area contributed by atoms with E-state index < -0.39 is 10.0 Å². The number of piperidine rings is 1. The monoisotopic (exact) mass is 314 g/mol. The summed E-state index contributed by atoms with van der Waals surface area (Å²) in [4.78, 5) is 0.134. The second-order valence-corrected chi connectivity index (χ2v) is 6.82. The van der Waals surface area contributed by atoms with Gasteiger partial charge in [0.25, 0.3) is 0 Å². The van der Waals surface area contributed by atoms with Gasteiger partial charge in [0.1, 0.15) is 16.4 Å². The Morgan fingerprint density at radius 2 is 2.14 bits per heavy atom. The first-order valence-electron chi connectivity index (χ1n) is 6.99. The van der Waals surface area contributed by atoms with Crippen molar-refractivity contribution in [3.8, 4) is 11.5 Å².